The first kappa shape index (κ1) is 22.3. The number of ketones is 1. The summed E-state index contributed by atoms with van der Waals surface area (Å²) >= 11 is 0. The van der Waals surface area contributed by atoms with Gasteiger partial charge in [-0.15, -0.1) is 0 Å². The zero-order chi connectivity index (χ0) is 23.2. The van der Waals surface area contributed by atoms with E-state index in [9.17, 15) is 14.7 Å². The van der Waals surface area contributed by atoms with Gasteiger partial charge >= 0.3 is 0 Å². The highest BCUT2D eigenvalue weighted by Gasteiger charge is 2.45. The van der Waals surface area contributed by atoms with E-state index >= 15 is 0 Å². The van der Waals surface area contributed by atoms with Gasteiger partial charge in [0.25, 0.3) is 11.7 Å². The number of benzene rings is 2. The average molecular weight is 443 g/mol. The molecule has 1 amide bonds. The number of carbonyl (C=O) groups excluding carboxylic acids is 2. The second-order valence-electron chi connectivity index (χ2n) is 7.88. The summed E-state index contributed by atoms with van der Waals surface area (Å²) in [5.74, 6) is -0.812. The van der Waals surface area contributed by atoms with Crippen molar-refractivity contribution in [2.45, 2.75) is 25.8 Å². The molecule has 0 unspecified atom stereocenters. The molecular formula is C27H26N2O4. The molecule has 1 saturated heterocycles. The molecule has 1 aliphatic rings. The van der Waals surface area contributed by atoms with Crippen molar-refractivity contribution in [1.82, 2.24) is 9.88 Å². The van der Waals surface area contributed by atoms with Crippen LogP contribution in [0.15, 0.2) is 84.7 Å². The van der Waals surface area contributed by atoms with Crippen LogP contribution < -0.4 is 4.74 Å². The lowest BCUT2D eigenvalue weighted by Crippen LogP contribution is -2.31. The molecule has 1 atom stereocenters. The van der Waals surface area contributed by atoms with Crippen molar-refractivity contribution < 1.29 is 19.4 Å². The predicted molar refractivity (Wildman–Crippen MR) is 126 cm³/mol. The first-order valence-electron chi connectivity index (χ1n) is 11.1. The summed E-state index contributed by atoms with van der Waals surface area (Å²) in [6.07, 6.45) is 4.72. The minimum atomic E-state index is -0.687. The third-order valence-electron chi connectivity index (χ3n) is 5.65. The van der Waals surface area contributed by atoms with Crippen LogP contribution in [0.5, 0.6) is 5.75 Å². The molecule has 3 aromatic rings. The number of rotatable bonds is 8. The highest BCUT2D eigenvalue weighted by molar-refractivity contribution is 6.46. The van der Waals surface area contributed by atoms with E-state index in [2.05, 4.69) is 4.98 Å². The van der Waals surface area contributed by atoms with Crippen molar-refractivity contribution >= 4 is 17.4 Å². The quantitative estimate of drug-likeness (QED) is 0.315. The van der Waals surface area contributed by atoms with Crippen LogP contribution in [0.2, 0.25) is 0 Å². The lowest BCUT2D eigenvalue weighted by molar-refractivity contribution is -0.139. The van der Waals surface area contributed by atoms with E-state index in [1.807, 2.05) is 37.3 Å². The molecule has 6 heteroatoms. The number of hydrogen-bond acceptors (Lipinski definition) is 5. The van der Waals surface area contributed by atoms with Crippen molar-refractivity contribution in [3.63, 3.8) is 0 Å². The van der Waals surface area contributed by atoms with Crippen LogP contribution in [0.3, 0.4) is 0 Å². The Bertz CT molecular complexity index is 1140. The van der Waals surface area contributed by atoms with Crippen LogP contribution in [0.1, 0.15) is 36.1 Å². The number of nitrogens with zero attached hydrogens (tertiary/aromatic N) is 2. The van der Waals surface area contributed by atoms with E-state index in [1.54, 1.807) is 48.8 Å². The van der Waals surface area contributed by atoms with Crippen LogP contribution in [-0.2, 0) is 16.0 Å². The van der Waals surface area contributed by atoms with Crippen molar-refractivity contribution in [2.75, 3.05) is 13.2 Å². The van der Waals surface area contributed by atoms with Gasteiger partial charge in [0.2, 0.25) is 0 Å². The topological polar surface area (TPSA) is 79.7 Å². The zero-order valence-electron chi connectivity index (χ0n) is 18.5. The highest BCUT2D eigenvalue weighted by Crippen LogP contribution is 2.39. The Hall–Kier alpha value is -3.93. The smallest absolute Gasteiger partial charge is 0.295 e. The molecule has 2 aromatic carbocycles. The van der Waals surface area contributed by atoms with Crippen molar-refractivity contribution in [1.29, 1.82) is 0 Å². The molecule has 33 heavy (non-hydrogen) atoms. The third-order valence-corrected chi connectivity index (χ3v) is 5.65. The summed E-state index contributed by atoms with van der Waals surface area (Å²) in [7, 11) is 0. The number of pyridine rings is 1. The largest absolute Gasteiger partial charge is 0.507 e. The fourth-order valence-electron chi connectivity index (χ4n) is 3.98. The normalized spacial score (nSPS) is 17.4. The minimum Gasteiger partial charge on any atom is -0.507 e. The van der Waals surface area contributed by atoms with Gasteiger partial charge in [0.1, 0.15) is 11.5 Å². The Morgan fingerprint density at radius 3 is 2.36 bits per heavy atom. The molecule has 0 spiro atoms. The van der Waals surface area contributed by atoms with Crippen LogP contribution in [0.25, 0.3) is 5.76 Å². The van der Waals surface area contributed by atoms with E-state index in [4.69, 9.17) is 4.74 Å². The second-order valence-corrected chi connectivity index (χ2v) is 7.88. The van der Waals surface area contributed by atoms with Gasteiger partial charge < -0.3 is 14.7 Å². The van der Waals surface area contributed by atoms with Gasteiger partial charge in [0.15, 0.2) is 0 Å². The van der Waals surface area contributed by atoms with Crippen LogP contribution in [0, 0.1) is 0 Å². The molecule has 0 radical (unpaired) electrons. The molecule has 0 bridgehead atoms. The van der Waals surface area contributed by atoms with E-state index < -0.39 is 17.7 Å². The van der Waals surface area contributed by atoms with Crippen molar-refractivity contribution in [2.24, 2.45) is 0 Å². The van der Waals surface area contributed by atoms with Gasteiger partial charge in [0.05, 0.1) is 18.2 Å². The molecule has 2 heterocycles. The molecular weight excluding hydrogens is 416 g/mol. The monoisotopic (exact) mass is 442 g/mol. The van der Waals surface area contributed by atoms with Gasteiger partial charge in [-0.25, -0.2) is 0 Å². The second kappa shape index (κ2) is 10.1. The molecule has 4 rings (SSSR count). The lowest BCUT2D eigenvalue weighted by atomic mass is 9.96. The Kier molecular flexibility index (Phi) is 6.83. The fourth-order valence-corrected chi connectivity index (χ4v) is 3.98. The summed E-state index contributed by atoms with van der Waals surface area (Å²) in [4.78, 5) is 31.7. The van der Waals surface area contributed by atoms with Crippen molar-refractivity contribution in [3.8, 4) is 5.75 Å². The van der Waals surface area contributed by atoms with Crippen LogP contribution in [0.4, 0.5) is 0 Å². The van der Waals surface area contributed by atoms with Gasteiger partial charge in [-0.1, -0.05) is 37.3 Å². The fraction of sp³-hybridized carbons (Fsp3) is 0.222. The summed E-state index contributed by atoms with van der Waals surface area (Å²) in [5.41, 5.74) is 2.33. The number of aromatic nitrogens is 1. The summed E-state index contributed by atoms with van der Waals surface area (Å²) < 4.78 is 5.60. The van der Waals surface area contributed by atoms with Gasteiger partial charge in [0, 0.05) is 24.5 Å². The molecule has 168 valence electrons. The number of amides is 1. The SMILES string of the molecule is CCCOc1ccc(C(O)=C2C(=O)C(=O)N(CCc3ccccc3)[C@H]2c2ccncc2)cc1. The van der Waals surface area contributed by atoms with Gasteiger partial charge in [-0.3, -0.25) is 14.6 Å². The predicted octanol–water partition coefficient (Wildman–Crippen LogP) is 4.53. The van der Waals surface area contributed by atoms with E-state index in [-0.39, 0.29) is 11.3 Å². The van der Waals surface area contributed by atoms with E-state index in [1.165, 1.54) is 4.90 Å². The highest BCUT2D eigenvalue weighted by atomic mass is 16.5. The standard InChI is InChI=1S/C27H26N2O4/c1-2-18-33-22-10-8-21(9-11-22)25(30)23-24(20-12-15-28-16-13-20)29(27(32)26(23)31)17-14-19-6-4-3-5-7-19/h3-13,15-16,24,30H,2,14,17-18H2,1H3/t24-/m0/s1. The molecule has 1 fully saturated rings. The molecule has 0 saturated carbocycles. The maximum Gasteiger partial charge on any atom is 0.295 e. The first-order valence-corrected chi connectivity index (χ1v) is 11.1. The zero-order valence-corrected chi connectivity index (χ0v) is 18.5. The van der Waals surface area contributed by atoms with Gasteiger partial charge in [-0.2, -0.15) is 0 Å². The van der Waals surface area contributed by atoms with Crippen LogP contribution in [-0.4, -0.2) is 39.8 Å². The molecule has 0 aliphatic carbocycles. The number of hydrogen-bond donors (Lipinski definition) is 1. The molecule has 1 aromatic heterocycles. The Balaban J connectivity index is 1.70. The number of aliphatic hydroxyl groups is 1. The summed E-state index contributed by atoms with van der Waals surface area (Å²) in [6, 6.07) is 19.5. The summed E-state index contributed by atoms with van der Waals surface area (Å²) in [6.45, 7) is 2.97. The summed E-state index contributed by atoms with van der Waals surface area (Å²) in [5, 5.41) is 11.1. The Morgan fingerprint density at radius 2 is 1.70 bits per heavy atom. The number of likely N-dealkylation sites (tertiary alicyclic amines) is 1. The Labute approximate surface area is 193 Å². The van der Waals surface area contributed by atoms with E-state index in [0.717, 1.165) is 17.5 Å². The lowest BCUT2D eigenvalue weighted by Gasteiger charge is -2.25. The number of ether oxygens (including phenoxy) is 1. The average Bonchev–Trinajstić information content (AvgIpc) is 3.12. The maximum absolute atomic E-state index is 13.1. The van der Waals surface area contributed by atoms with Gasteiger partial charge in [-0.05, 0) is 60.4 Å². The third kappa shape index (κ3) is 4.80. The number of carbonyl (C=O) groups is 2. The Morgan fingerprint density at radius 1 is 1.00 bits per heavy atom. The van der Waals surface area contributed by atoms with Crippen LogP contribution >= 0.6 is 0 Å². The maximum atomic E-state index is 13.1. The molecule has 6 nitrogen and oxygen atoms in total. The minimum absolute atomic E-state index is 0.0847. The van der Waals surface area contributed by atoms with E-state index in [0.29, 0.717) is 30.9 Å². The number of Topliss-reactive ketones (excluding diaryl/α,β-unsaturated/α-hetero) is 1. The molecule has 1 N–H and O–H groups in total. The number of aliphatic hydroxyl groups excluding tert-OH is 1. The molecule has 1 aliphatic heterocycles. The first-order chi connectivity index (χ1) is 16.1. The van der Waals surface area contributed by atoms with Crippen molar-refractivity contribution in [3.05, 3.63) is 101 Å².